The van der Waals surface area contributed by atoms with Crippen molar-refractivity contribution < 1.29 is 19.1 Å². The monoisotopic (exact) mass is 290 g/mol. The summed E-state index contributed by atoms with van der Waals surface area (Å²) < 4.78 is 10.2. The molecule has 1 unspecified atom stereocenters. The molecule has 0 spiro atoms. The molecule has 114 valence electrons. The van der Waals surface area contributed by atoms with E-state index >= 15 is 0 Å². The quantitative estimate of drug-likeness (QED) is 0.571. The van der Waals surface area contributed by atoms with E-state index in [4.69, 9.17) is 9.47 Å². The van der Waals surface area contributed by atoms with Crippen molar-refractivity contribution in [1.29, 1.82) is 0 Å². The molecule has 0 aliphatic rings. The SMILES string of the molecule is CC(C)COC(=O)CC(C)OC(=O)/C=C/c1ccccc1. The molecule has 0 aromatic heterocycles. The smallest absolute Gasteiger partial charge is 0.331 e. The summed E-state index contributed by atoms with van der Waals surface area (Å²) in [6.07, 6.45) is 2.59. The molecule has 0 fully saturated rings. The van der Waals surface area contributed by atoms with Gasteiger partial charge in [-0.25, -0.2) is 4.79 Å². The van der Waals surface area contributed by atoms with Crippen molar-refractivity contribution in [2.75, 3.05) is 6.61 Å². The third-order valence-corrected chi connectivity index (χ3v) is 2.56. The summed E-state index contributed by atoms with van der Waals surface area (Å²) >= 11 is 0. The highest BCUT2D eigenvalue weighted by Crippen LogP contribution is 2.05. The molecule has 1 aromatic carbocycles. The van der Waals surface area contributed by atoms with E-state index in [9.17, 15) is 9.59 Å². The zero-order valence-electron chi connectivity index (χ0n) is 12.7. The zero-order chi connectivity index (χ0) is 15.7. The molecule has 0 amide bonds. The predicted octanol–water partition coefficient (Wildman–Crippen LogP) is 3.22. The van der Waals surface area contributed by atoms with Crippen molar-refractivity contribution in [1.82, 2.24) is 0 Å². The third kappa shape index (κ3) is 7.92. The Morgan fingerprint density at radius 2 is 1.81 bits per heavy atom. The lowest BCUT2D eigenvalue weighted by Crippen LogP contribution is -2.20. The molecule has 0 aliphatic heterocycles. The van der Waals surface area contributed by atoms with E-state index in [2.05, 4.69) is 0 Å². The number of benzene rings is 1. The van der Waals surface area contributed by atoms with E-state index in [1.165, 1.54) is 6.08 Å². The van der Waals surface area contributed by atoms with Crippen LogP contribution in [0.2, 0.25) is 0 Å². The fraction of sp³-hybridized carbons (Fsp3) is 0.412. The van der Waals surface area contributed by atoms with E-state index in [0.29, 0.717) is 12.5 Å². The maximum atomic E-state index is 11.6. The topological polar surface area (TPSA) is 52.6 Å². The fourth-order valence-corrected chi connectivity index (χ4v) is 1.56. The molecular formula is C17H22O4. The fourth-order valence-electron chi connectivity index (χ4n) is 1.56. The first-order chi connectivity index (χ1) is 9.97. The molecule has 1 aromatic rings. The van der Waals surface area contributed by atoms with Crippen LogP contribution in [0.25, 0.3) is 6.08 Å². The second-order valence-electron chi connectivity index (χ2n) is 5.27. The minimum absolute atomic E-state index is 0.0671. The Labute approximate surface area is 125 Å². The minimum atomic E-state index is -0.502. The van der Waals surface area contributed by atoms with Crippen LogP contribution in [-0.4, -0.2) is 24.6 Å². The Balaban J connectivity index is 2.33. The van der Waals surface area contributed by atoms with Crippen molar-refractivity contribution >= 4 is 18.0 Å². The average molecular weight is 290 g/mol. The highest BCUT2D eigenvalue weighted by Gasteiger charge is 2.13. The molecule has 1 atom stereocenters. The first-order valence-corrected chi connectivity index (χ1v) is 7.06. The van der Waals surface area contributed by atoms with Crippen LogP contribution in [0.15, 0.2) is 36.4 Å². The van der Waals surface area contributed by atoms with Gasteiger partial charge in [0.05, 0.1) is 13.0 Å². The second kappa shape index (κ2) is 8.95. The van der Waals surface area contributed by atoms with Gasteiger partial charge in [-0.15, -0.1) is 0 Å². The van der Waals surface area contributed by atoms with Crippen molar-refractivity contribution in [3.05, 3.63) is 42.0 Å². The van der Waals surface area contributed by atoms with Crippen LogP contribution >= 0.6 is 0 Å². The summed E-state index contributed by atoms with van der Waals surface area (Å²) in [5.41, 5.74) is 0.915. The zero-order valence-corrected chi connectivity index (χ0v) is 12.7. The summed E-state index contributed by atoms with van der Waals surface area (Å²) in [6, 6.07) is 9.45. The van der Waals surface area contributed by atoms with Gasteiger partial charge < -0.3 is 9.47 Å². The van der Waals surface area contributed by atoms with Crippen LogP contribution < -0.4 is 0 Å². The molecular weight excluding hydrogens is 268 g/mol. The Kier molecular flexibility index (Phi) is 7.23. The van der Waals surface area contributed by atoms with E-state index in [1.807, 2.05) is 44.2 Å². The van der Waals surface area contributed by atoms with Gasteiger partial charge in [0.15, 0.2) is 0 Å². The Bertz CT molecular complexity index is 477. The van der Waals surface area contributed by atoms with Gasteiger partial charge in [-0.05, 0) is 24.5 Å². The molecule has 0 bridgehead atoms. The molecule has 0 heterocycles. The van der Waals surface area contributed by atoms with Gasteiger partial charge in [0.1, 0.15) is 6.10 Å². The molecule has 21 heavy (non-hydrogen) atoms. The van der Waals surface area contributed by atoms with Crippen LogP contribution in [0.1, 0.15) is 32.8 Å². The summed E-state index contributed by atoms with van der Waals surface area (Å²) in [4.78, 5) is 23.1. The van der Waals surface area contributed by atoms with Gasteiger partial charge in [0, 0.05) is 6.08 Å². The molecule has 1 rings (SSSR count). The number of rotatable bonds is 7. The van der Waals surface area contributed by atoms with Gasteiger partial charge >= 0.3 is 11.9 Å². The van der Waals surface area contributed by atoms with E-state index in [0.717, 1.165) is 5.56 Å². The maximum Gasteiger partial charge on any atom is 0.331 e. The van der Waals surface area contributed by atoms with Crippen molar-refractivity contribution in [2.45, 2.75) is 33.3 Å². The van der Waals surface area contributed by atoms with Crippen molar-refractivity contribution in [3.63, 3.8) is 0 Å². The molecule has 0 saturated heterocycles. The molecule has 0 aliphatic carbocycles. The van der Waals surface area contributed by atoms with Gasteiger partial charge in [0.25, 0.3) is 0 Å². The molecule has 4 nitrogen and oxygen atoms in total. The highest BCUT2D eigenvalue weighted by molar-refractivity contribution is 5.87. The lowest BCUT2D eigenvalue weighted by atomic mass is 10.2. The van der Waals surface area contributed by atoms with Crippen LogP contribution in [-0.2, 0) is 19.1 Å². The largest absolute Gasteiger partial charge is 0.465 e. The Morgan fingerprint density at radius 3 is 2.43 bits per heavy atom. The number of ether oxygens (including phenoxy) is 2. The summed E-state index contributed by atoms with van der Waals surface area (Å²) in [5, 5.41) is 0. The van der Waals surface area contributed by atoms with Gasteiger partial charge in [-0.2, -0.15) is 0 Å². The van der Waals surface area contributed by atoms with E-state index in [1.54, 1.807) is 13.0 Å². The highest BCUT2D eigenvalue weighted by atomic mass is 16.6. The number of esters is 2. The van der Waals surface area contributed by atoms with Gasteiger partial charge in [-0.3, -0.25) is 4.79 Å². The first kappa shape index (κ1) is 17.0. The lowest BCUT2D eigenvalue weighted by Gasteiger charge is -2.12. The lowest BCUT2D eigenvalue weighted by molar-refractivity contribution is -0.151. The number of hydrogen-bond donors (Lipinski definition) is 0. The van der Waals surface area contributed by atoms with Gasteiger partial charge in [-0.1, -0.05) is 44.2 Å². The predicted molar refractivity (Wildman–Crippen MR) is 81.4 cm³/mol. The number of carbonyl (C=O) groups is 2. The molecule has 0 radical (unpaired) electrons. The van der Waals surface area contributed by atoms with E-state index in [-0.39, 0.29) is 12.4 Å². The van der Waals surface area contributed by atoms with Gasteiger partial charge in [0.2, 0.25) is 0 Å². The Morgan fingerprint density at radius 1 is 1.14 bits per heavy atom. The van der Waals surface area contributed by atoms with Crippen LogP contribution in [0.3, 0.4) is 0 Å². The maximum absolute atomic E-state index is 11.6. The summed E-state index contributed by atoms with van der Waals surface area (Å²) in [6.45, 7) is 5.98. The van der Waals surface area contributed by atoms with Crippen LogP contribution in [0, 0.1) is 5.92 Å². The number of carbonyl (C=O) groups excluding carboxylic acids is 2. The van der Waals surface area contributed by atoms with Crippen LogP contribution in [0.4, 0.5) is 0 Å². The third-order valence-electron chi connectivity index (χ3n) is 2.56. The van der Waals surface area contributed by atoms with Crippen LogP contribution in [0.5, 0.6) is 0 Å². The second-order valence-corrected chi connectivity index (χ2v) is 5.27. The Hall–Kier alpha value is -2.10. The average Bonchev–Trinajstić information content (AvgIpc) is 2.44. The number of hydrogen-bond acceptors (Lipinski definition) is 4. The minimum Gasteiger partial charge on any atom is -0.465 e. The normalized spacial score (nSPS) is 12.4. The molecule has 4 heteroatoms. The molecule has 0 N–H and O–H groups in total. The van der Waals surface area contributed by atoms with E-state index < -0.39 is 12.1 Å². The van der Waals surface area contributed by atoms with Crippen molar-refractivity contribution in [2.24, 2.45) is 5.92 Å². The summed E-state index contributed by atoms with van der Waals surface area (Å²) in [5.74, 6) is -0.528. The first-order valence-electron chi connectivity index (χ1n) is 7.06. The molecule has 0 saturated carbocycles. The standard InChI is InChI=1S/C17H22O4/c1-13(2)12-20-17(19)11-14(3)21-16(18)10-9-15-7-5-4-6-8-15/h4-10,13-14H,11-12H2,1-3H3/b10-9+. The summed E-state index contributed by atoms with van der Waals surface area (Å²) in [7, 11) is 0. The van der Waals surface area contributed by atoms with Crippen molar-refractivity contribution in [3.8, 4) is 0 Å².